The quantitative estimate of drug-likeness (QED) is 0.885. The van der Waals surface area contributed by atoms with Crippen LogP contribution in [0.1, 0.15) is 36.3 Å². The Balaban J connectivity index is 2.10. The Labute approximate surface area is 110 Å². The summed E-state index contributed by atoms with van der Waals surface area (Å²) in [4.78, 5) is 5.00. The fourth-order valence-corrected chi connectivity index (χ4v) is 2.38. The summed E-state index contributed by atoms with van der Waals surface area (Å²) in [5.74, 6) is 1.29. The molecule has 0 saturated heterocycles. The second kappa shape index (κ2) is 5.53. The molecular formula is C11H17N5OS. The zero-order valence-corrected chi connectivity index (χ0v) is 11.6. The molecule has 0 amide bonds. The van der Waals surface area contributed by atoms with E-state index in [-0.39, 0.29) is 0 Å². The Kier molecular flexibility index (Phi) is 4.03. The molecule has 98 valence electrons. The van der Waals surface area contributed by atoms with E-state index in [1.807, 2.05) is 11.6 Å². The lowest BCUT2D eigenvalue weighted by molar-refractivity contribution is 0.176. The number of rotatable bonds is 5. The second-order valence-corrected chi connectivity index (χ2v) is 5.48. The highest BCUT2D eigenvalue weighted by Crippen LogP contribution is 2.22. The van der Waals surface area contributed by atoms with E-state index in [2.05, 4.69) is 33.5 Å². The molecule has 0 aliphatic carbocycles. The third-order valence-electron chi connectivity index (χ3n) is 2.60. The standard InChI is InChI=1S/C11H17N5OS/c1-7(2)5-16-10(12-6-13-16)4-9(17)11-8(3)14-15-18-11/h6-7,9,17H,4-5H2,1-3H3. The predicted octanol–water partition coefficient (Wildman–Crippen LogP) is 1.37. The van der Waals surface area contributed by atoms with Gasteiger partial charge in [0.05, 0.1) is 16.7 Å². The highest BCUT2D eigenvalue weighted by Gasteiger charge is 2.18. The summed E-state index contributed by atoms with van der Waals surface area (Å²) < 4.78 is 5.68. The summed E-state index contributed by atoms with van der Waals surface area (Å²) in [6.07, 6.45) is 1.36. The minimum atomic E-state index is -0.611. The Morgan fingerprint density at radius 3 is 2.83 bits per heavy atom. The molecule has 0 aromatic carbocycles. The van der Waals surface area contributed by atoms with Gasteiger partial charge in [-0.15, -0.1) is 5.10 Å². The Morgan fingerprint density at radius 2 is 2.22 bits per heavy atom. The molecular weight excluding hydrogens is 250 g/mol. The SMILES string of the molecule is Cc1nnsc1C(O)Cc1ncnn1CC(C)C. The van der Waals surface area contributed by atoms with Crippen LogP contribution < -0.4 is 0 Å². The summed E-state index contributed by atoms with van der Waals surface area (Å²) in [6.45, 7) is 6.90. The molecule has 2 aromatic heterocycles. The van der Waals surface area contributed by atoms with Gasteiger partial charge in [-0.25, -0.2) is 9.67 Å². The smallest absolute Gasteiger partial charge is 0.138 e. The van der Waals surface area contributed by atoms with Gasteiger partial charge < -0.3 is 5.11 Å². The van der Waals surface area contributed by atoms with Crippen molar-refractivity contribution in [1.29, 1.82) is 0 Å². The highest BCUT2D eigenvalue weighted by molar-refractivity contribution is 7.05. The predicted molar refractivity (Wildman–Crippen MR) is 68.2 cm³/mol. The largest absolute Gasteiger partial charge is 0.387 e. The molecule has 2 heterocycles. The fourth-order valence-electron chi connectivity index (χ4n) is 1.75. The lowest BCUT2D eigenvalue weighted by Crippen LogP contribution is -2.13. The average Bonchev–Trinajstić information content (AvgIpc) is 2.88. The van der Waals surface area contributed by atoms with Gasteiger partial charge in [0.15, 0.2) is 0 Å². The van der Waals surface area contributed by atoms with E-state index in [4.69, 9.17) is 0 Å². The normalized spacial score (nSPS) is 13.2. The van der Waals surface area contributed by atoms with Crippen molar-refractivity contribution in [3.8, 4) is 0 Å². The Bertz CT molecular complexity index is 507. The van der Waals surface area contributed by atoms with Gasteiger partial charge in [0.1, 0.15) is 12.2 Å². The molecule has 0 saturated carbocycles. The molecule has 6 nitrogen and oxygen atoms in total. The summed E-state index contributed by atoms with van der Waals surface area (Å²) in [5.41, 5.74) is 0.780. The van der Waals surface area contributed by atoms with Crippen LogP contribution in [-0.4, -0.2) is 29.5 Å². The minimum absolute atomic E-state index is 0.442. The first-order chi connectivity index (χ1) is 8.58. The van der Waals surface area contributed by atoms with Crippen molar-refractivity contribution in [3.63, 3.8) is 0 Å². The molecule has 2 rings (SSSR count). The average molecular weight is 267 g/mol. The lowest BCUT2D eigenvalue weighted by Gasteiger charge is -2.11. The van der Waals surface area contributed by atoms with Crippen molar-refractivity contribution in [2.45, 2.75) is 39.8 Å². The van der Waals surface area contributed by atoms with Crippen LogP contribution in [0.3, 0.4) is 0 Å². The number of hydrogen-bond acceptors (Lipinski definition) is 6. The third kappa shape index (κ3) is 2.91. The lowest BCUT2D eigenvalue weighted by atomic mass is 10.1. The first kappa shape index (κ1) is 13.1. The summed E-state index contributed by atoms with van der Waals surface area (Å²) in [7, 11) is 0. The Morgan fingerprint density at radius 1 is 1.44 bits per heavy atom. The number of hydrogen-bond donors (Lipinski definition) is 1. The van der Waals surface area contributed by atoms with Crippen molar-refractivity contribution in [3.05, 3.63) is 22.7 Å². The van der Waals surface area contributed by atoms with E-state index in [0.717, 1.165) is 22.9 Å². The van der Waals surface area contributed by atoms with E-state index in [1.165, 1.54) is 17.9 Å². The van der Waals surface area contributed by atoms with E-state index >= 15 is 0 Å². The van der Waals surface area contributed by atoms with Crippen LogP contribution in [0.5, 0.6) is 0 Å². The van der Waals surface area contributed by atoms with Gasteiger partial charge in [0, 0.05) is 13.0 Å². The number of aliphatic hydroxyl groups is 1. The molecule has 1 unspecified atom stereocenters. The van der Waals surface area contributed by atoms with E-state index in [1.54, 1.807) is 0 Å². The van der Waals surface area contributed by atoms with Crippen molar-refractivity contribution in [2.75, 3.05) is 0 Å². The first-order valence-electron chi connectivity index (χ1n) is 5.91. The maximum Gasteiger partial charge on any atom is 0.138 e. The maximum absolute atomic E-state index is 10.2. The van der Waals surface area contributed by atoms with Crippen molar-refractivity contribution < 1.29 is 5.11 Å². The minimum Gasteiger partial charge on any atom is -0.387 e. The van der Waals surface area contributed by atoms with Crippen molar-refractivity contribution in [1.82, 2.24) is 24.4 Å². The number of aliphatic hydroxyl groups excluding tert-OH is 1. The molecule has 2 aromatic rings. The summed E-state index contributed by atoms with van der Waals surface area (Å²) in [5, 5.41) is 18.3. The zero-order chi connectivity index (χ0) is 13.1. The van der Waals surface area contributed by atoms with Crippen LogP contribution in [0.15, 0.2) is 6.33 Å². The Hall–Kier alpha value is -1.34. The van der Waals surface area contributed by atoms with Crippen LogP contribution >= 0.6 is 11.5 Å². The molecule has 0 radical (unpaired) electrons. The molecule has 1 N–H and O–H groups in total. The van der Waals surface area contributed by atoms with Gasteiger partial charge in [-0.05, 0) is 24.4 Å². The van der Waals surface area contributed by atoms with E-state index in [9.17, 15) is 5.11 Å². The third-order valence-corrected chi connectivity index (χ3v) is 3.53. The van der Waals surface area contributed by atoms with Crippen LogP contribution in [0.4, 0.5) is 0 Å². The van der Waals surface area contributed by atoms with Crippen LogP contribution in [0, 0.1) is 12.8 Å². The maximum atomic E-state index is 10.2. The first-order valence-corrected chi connectivity index (χ1v) is 6.69. The number of nitrogens with zero attached hydrogens (tertiary/aromatic N) is 5. The van der Waals surface area contributed by atoms with Gasteiger partial charge in [-0.3, -0.25) is 0 Å². The molecule has 0 fully saturated rings. The summed E-state index contributed by atoms with van der Waals surface area (Å²) in [6, 6.07) is 0. The molecule has 0 aliphatic rings. The van der Waals surface area contributed by atoms with Gasteiger partial charge in [0.25, 0.3) is 0 Å². The highest BCUT2D eigenvalue weighted by atomic mass is 32.1. The zero-order valence-electron chi connectivity index (χ0n) is 10.7. The number of aryl methyl sites for hydroxylation is 1. The topological polar surface area (TPSA) is 76.7 Å². The van der Waals surface area contributed by atoms with Gasteiger partial charge in [-0.2, -0.15) is 5.10 Å². The molecule has 0 aliphatic heterocycles. The van der Waals surface area contributed by atoms with E-state index < -0.39 is 6.10 Å². The van der Waals surface area contributed by atoms with Crippen molar-refractivity contribution >= 4 is 11.5 Å². The van der Waals surface area contributed by atoms with Gasteiger partial charge in [0.2, 0.25) is 0 Å². The van der Waals surface area contributed by atoms with Gasteiger partial charge in [-0.1, -0.05) is 18.3 Å². The number of aromatic nitrogens is 5. The summed E-state index contributed by atoms with van der Waals surface area (Å²) >= 11 is 1.23. The van der Waals surface area contributed by atoms with Crippen LogP contribution in [-0.2, 0) is 13.0 Å². The van der Waals surface area contributed by atoms with Gasteiger partial charge >= 0.3 is 0 Å². The van der Waals surface area contributed by atoms with E-state index in [0.29, 0.717) is 12.3 Å². The molecule has 18 heavy (non-hydrogen) atoms. The molecule has 0 spiro atoms. The monoisotopic (exact) mass is 267 g/mol. The van der Waals surface area contributed by atoms with Crippen LogP contribution in [0.2, 0.25) is 0 Å². The molecule has 7 heteroatoms. The van der Waals surface area contributed by atoms with Crippen LogP contribution in [0.25, 0.3) is 0 Å². The second-order valence-electron chi connectivity index (χ2n) is 4.69. The van der Waals surface area contributed by atoms with Crippen molar-refractivity contribution in [2.24, 2.45) is 5.92 Å². The fraction of sp³-hybridized carbons (Fsp3) is 0.636. The molecule has 0 bridgehead atoms. The molecule has 1 atom stereocenters.